The number of benzene rings is 3. The first-order chi connectivity index (χ1) is 13.3. The quantitative estimate of drug-likeness (QED) is 0.355. The number of aryl methyl sites for hydroxylation is 1. The summed E-state index contributed by atoms with van der Waals surface area (Å²) < 4.78 is 7.05. The van der Waals surface area contributed by atoms with Gasteiger partial charge in [-0.25, -0.2) is 0 Å². The molecule has 0 radical (unpaired) electrons. The molecule has 0 unspecified atom stereocenters. The lowest BCUT2D eigenvalue weighted by Gasteiger charge is -2.40. The van der Waals surface area contributed by atoms with Gasteiger partial charge in [-0.15, -0.1) is 0 Å². The number of anilines is 1. The van der Waals surface area contributed by atoms with E-state index in [4.69, 9.17) is 10.2 Å². The van der Waals surface area contributed by atoms with Gasteiger partial charge in [0.05, 0.1) is 0 Å². The topological polar surface area (TPSA) is 35.2 Å². The molecule has 3 heteroatoms. The van der Waals surface area contributed by atoms with Crippen molar-refractivity contribution < 1.29 is 4.43 Å². The molecule has 2 nitrogen and oxygen atoms in total. The van der Waals surface area contributed by atoms with E-state index in [0.717, 1.165) is 22.4 Å². The molecule has 146 valence electrons. The third-order valence-electron chi connectivity index (χ3n) is 5.15. The fraction of sp³-hybridized carbons (Fsp3) is 0.280. The predicted octanol–water partition coefficient (Wildman–Crippen LogP) is 5.50. The zero-order chi connectivity index (χ0) is 20.4. The molecule has 3 aromatic rings. The Balaban J connectivity index is 2.39. The van der Waals surface area contributed by atoms with Crippen molar-refractivity contribution >= 4 is 15.5 Å². The van der Waals surface area contributed by atoms with Crippen LogP contribution in [0.2, 0.25) is 5.04 Å². The van der Waals surface area contributed by atoms with E-state index in [2.05, 4.69) is 101 Å². The Kier molecular flexibility index (Phi) is 5.78. The zero-order valence-electron chi connectivity index (χ0n) is 17.6. The van der Waals surface area contributed by atoms with E-state index in [0.29, 0.717) is 0 Å². The molecule has 0 bridgehead atoms. The van der Waals surface area contributed by atoms with Crippen molar-refractivity contribution in [3.8, 4) is 0 Å². The van der Waals surface area contributed by atoms with E-state index in [1.165, 1.54) is 11.1 Å². The Labute approximate surface area is 171 Å². The summed E-state index contributed by atoms with van der Waals surface area (Å²) in [6, 6.07) is 25.3. The molecule has 0 aliphatic rings. The normalized spacial score (nSPS) is 12.6. The van der Waals surface area contributed by atoms with Crippen molar-refractivity contribution in [1.29, 1.82) is 0 Å². The molecule has 0 spiro atoms. The van der Waals surface area contributed by atoms with Crippen LogP contribution in [0.15, 0.2) is 72.8 Å². The molecule has 0 fully saturated rings. The second kappa shape index (κ2) is 7.94. The lowest BCUT2D eigenvalue weighted by atomic mass is 9.76. The summed E-state index contributed by atoms with van der Waals surface area (Å²) >= 11 is 0. The molecule has 0 amide bonds. The highest BCUT2D eigenvalue weighted by atomic mass is 28.2. The highest BCUT2D eigenvalue weighted by molar-refractivity contribution is 6.32. The molecular weight excluding hydrogens is 358 g/mol. The second-order valence-electron chi connectivity index (χ2n) is 8.73. The monoisotopic (exact) mass is 389 g/mol. The summed E-state index contributed by atoms with van der Waals surface area (Å²) in [6.07, 6.45) is 0. The molecule has 0 saturated carbocycles. The van der Waals surface area contributed by atoms with Gasteiger partial charge in [-0.05, 0) is 52.8 Å². The van der Waals surface area contributed by atoms with Gasteiger partial charge < -0.3 is 10.2 Å². The lowest BCUT2D eigenvalue weighted by Crippen LogP contribution is -2.37. The molecule has 0 aliphatic heterocycles. The second-order valence-corrected chi connectivity index (χ2v) is 11.4. The third-order valence-corrected chi connectivity index (χ3v) is 6.59. The summed E-state index contributed by atoms with van der Waals surface area (Å²) in [5, 5.41) is 0.164. The first kappa shape index (κ1) is 20.4. The van der Waals surface area contributed by atoms with Crippen LogP contribution in [0, 0.1) is 13.8 Å². The highest BCUT2D eigenvalue weighted by Gasteiger charge is 2.40. The minimum absolute atomic E-state index is 0.164. The number of nitrogen functional groups attached to an aromatic ring is 1. The van der Waals surface area contributed by atoms with Crippen molar-refractivity contribution in [2.24, 2.45) is 0 Å². The maximum Gasteiger partial charge on any atom is 0.169 e. The molecule has 0 atom stereocenters. The van der Waals surface area contributed by atoms with Gasteiger partial charge in [0, 0.05) is 5.69 Å². The van der Waals surface area contributed by atoms with E-state index in [9.17, 15) is 0 Å². The van der Waals surface area contributed by atoms with Crippen LogP contribution in [0.1, 0.15) is 48.6 Å². The average molecular weight is 390 g/mol. The van der Waals surface area contributed by atoms with Crippen LogP contribution in [-0.4, -0.2) is 9.76 Å². The van der Waals surface area contributed by atoms with Crippen molar-refractivity contribution in [3.63, 3.8) is 0 Å². The molecule has 0 saturated heterocycles. The maximum absolute atomic E-state index is 7.05. The van der Waals surface area contributed by atoms with Crippen LogP contribution >= 0.6 is 0 Å². The molecule has 0 aliphatic carbocycles. The van der Waals surface area contributed by atoms with Gasteiger partial charge in [-0.1, -0.05) is 87.5 Å². The first-order valence-electron chi connectivity index (χ1n) is 9.87. The van der Waals surface area contributed by atoms with Gasteiger partial charge in [0.15, 0.2) is 9.76 Å². The van der Waals surface area contributed by atoms with Crippen LogP contribution in [0.25, 0.3) is 0 Å². The summed E-state index contributed by atoms with van der Waals surface area (Å²) in [6.45, 7) is 11.1. The largest absolute Gasteiger partial charge is 0.406 e. The average Bonchev–Trinajstić information content (AvgIpc) is 2.68. The molecule has 3 rings (SSSR count). The van der Waals surface area contributed by atoms with Gasteiger partial charge in [-0.3, -0.25) is 0 Å². The Hall–Kier alpha value is -2.36. The number of hydrogen-bond acceptors (Lipinski definition) is 2. The Morgan fingerprint density at radius 1 is 0.750 bits per heavy atom. The van der Waals surface area contributed by atoms with Crippen molar-refractivity contribution in [2.45, 2.75) is 45.3 Å². The van der Waals surface area contributed by atoms with Crippen molar-refractivity contribution in [1.82, 2.24) is 0 Å². The van der Waals surface area contributed by atoms with Crippen LogP contribution in [0.5, 0.6) is 0 Å². The van der Waals surface area contributed by atoms with E-state index < -0.39 is 15.4 Å². The first-order valence-corrected chi connectivity index (χ1v) is 11.2. The predicted molar refractivity (Wildman–Crippen MR) is 122 cm³/mol. The summed E-state index contributed by atoms with van der Waals surface area (Å²) in [4.78, 5) is 0. The minimum atomic E-state index is -0.871. The SMILES string of the molecule is Cc1ccc(N)c(C)c1C(O[SiH2]C(C)(C)C)(c1ccccc1)c1ccccc1. The summed E-state index contributed by atoms with van der Waals surface area (Å²) in [7, 11) is -0.871. The Morgan fingerprint density at radius 3 is 1.71 bits per heavy atom. The zero-order valence-corrected chi connectivity index (χ0v) is 19.0. The fourth-order valence-corrected chi connectivity index (χ4v) is 4.90. The molecule has 2 N–H and O–H groups in total. The highest BCUT2D eigenvalue weighted by Crippen LogP contribution is 2.45. The van der Waals surface area contributed by atoms with E-state index in [1.807, 2.05) is 6.07 Å². The Morgan fingerprint density at radius 2 is 1.25 bits per heavy atom. The molecule has 0 heterocycles. The van der Waals surface area contributed by atoms with Gasteiger partial charge in [0.25, 0.3) is 0 Å². The van der Waals surface area contributed by atoms with Crippen molar-refractivity contribution in [3.05, 3.63) is 101 Å². The third kappa shape index (κ3) is 3.91. The van der Waals surface area contributed by atoms with Crippen LogP contribution < -0.4 is 5.73 Å². The van der Waals surface area contributed by atoms with Crippen LogP contribution in [0.3, 0.4) is 0 Å². The fourth-order valence-electron chi connectivity index (χ4n) is 3.77. The number of nitrogens with two attached hydrogens (primary N) is 1. The number of rotatable bonds is 5. The van der Waals surface area contributed by atoms with Gasteiger partial charge >= 0.3 is 0 Å². The van der Waals surface area contributed by atoms with Crippen LogP contribution in [0.4, 0.5) is 5.69 Å². The summed E-state index contributed by atoms with van der Waals surface area (Å²) in [5.41, 5.74) is 12.3. The lowest BCUT2D eigenvalue weighted by molar-refractivity contribution is 0.155. The van der Waals surface area contributed by atoms with E-state index >= 15 is 0 Å². The van der Waals surface area contributed by atoms with E-state index in [1.54, 1.807) is 0 Å². The van der Waals surface area contributed by atoms with Gasteiger partial charge in [-0.2, -0.15) is 0 Å². The summed E-state index contributed by atoms with van der Waals surface area (Å²) in [5.74, 6) is 0. The van der Waals surface area contributed by atoms with Crippen molar-refractivity contribution in [2.75, 3.05) is 5.73 Å². The maximum atomic E-state index is 7.05. The number of hydrogen-bond donors (Lipinski definition) is 1. The van der Waals surface area contributed by atoms with E-state index in [-0.39, 0.29) is 5.04 Å². The molecule has 0 aromatic heterocycles. The smallest absolute Gasteiger partial charge is 0.169 e. The van der Waals surface area contributed by atoms with Gasteiger partial charge in [0.1, 0.15) is 5.60 Å². The molecule has 3 aromatic carbocycles. The van der Waals surface area contributed by atoms with Crippen LogP contribution in [-0.2, 0) is 10.0 Å². The van der Waals surface area contributed by atoms with Gasteiger partial charge in [0.2, 0.25) is 0 Å². The minimum Gasteiger partial charge on any atom is -0.406 e. The molecule has 28 heavy (non-hydrogen) atoms. The standard InChI is InChI=1S/C25H31NOSi/c1-18-16-17-22(26)19(2)23(18)25(27-28-24(3,4)5,20-12-8-6-9-13-20)21-14-10-7-11-15-21/h6-17H,26,28H2,1-5H3. The molecular formula is C25H31NOSi. The Bertz CT molecular complexity index is 891.